The highest BCUT2D eigenvalue weighted by atomic mass is 35.5. The lowest BCUT2D eigenvalue weighted by atomic mass is 10.2. The maximum atomic E-state index is 8.68. The number of benzene rings is 1. The maximum Gasteiger partial charge on any atom is 0.142 e. The largest absolute Gasteiger partial charge is 0.495 e. The minimum absolute atomic E-state index is 0.123. The van der Waals surface area contributed by atoms with Crippen LogP contribution >= 0.6 is 11.6 Å². The minimum atomic E-state index is 0.123. The molecular formula is C12H15ClN2O. The second-order valence-electron chi connectivity index (χ2n) is 3.64. The van der Waals surface area contributed by atoms with Gasteiger partial charge in [0, 0.05) is 18.1 Å². The van der Waals surface area contributed by atoms with E-state index < -0.39 is 0 Å². The number of anilines is 1. The Kier molecular flexibility index (Phi) is 4.45. The summed E-state index contributed by atoms with van der Waals surface area (Å²) in [6.45, 7) is 1.99. The van der Waals surface area contributed by atoms with Crippen molar-refractivity contribution in [2.45, 2.75) is 19.4 Å². The molecule has 0 aliphatic heterocycles. The summed E-state index contributed by atoms with van der Waals surface area (Å²) in [5, 5.41) is 9.34. The molecule has 1 rings (SSSR count). The average molecular weight is 239 g/mol. The molecule has 1 aromatic carbocycles. The number of ether oxygens (including phenoxy) is 1. The van der Waals surface area contributed by atoms with Crippen LogP contribution in [-0.4, -0.2) is 20.2 Å². The van der Waals surface area contributed by atoms with Crippen molar-refractivity contribution < 1.29 is 4.74 Å². The number of hydrogen-bond acceptors (Lipinski definition) is 3. The first-order chi connectivity index (χ1) is 7.60. The minimum Gasteiger partial charge on any atom is -0.495 e. The van der Waals surface area contributed by atoms with Crippen LogP contribution in [0.3, 0.4) is 0 Å². The van der Waals surface area contributed by atoms with E-state index in [9.17, 15) is 0 Å². The summed E-state index contributed by atoms with van der Waals surface area (Å²) in [5.74, 6) is 0.761. The smallest absolute Gasteiger partial charge is 0.142 e. The van der Waals surface area contributed by atoms with Crippen LogP contribution in [0.4, 0.5) is 5.69 Å². The molecule has 0 saturated heterocycles. The molecule has 0 aliphatic rings. The topological polar surface area (TPSA) is 36.3 Å². The highest BCUT2D eigenvalue weighted by Crippen LogP contribution is 2.31. The lowest BCUT2D eigenvalue weighted by molar-refractivity contribution is 0.414. The molecule has 0 fully saturated rings. The van der Waals surface area contributed by atoms with E-state index in [2.05, 4.69) is 6.07 Å². The molecule has 1 aromatic rings. The lowest BCUT2D eigenvalue weighted by Gasteiger charge is -2.26. The molecule has 0 spiro atoms. The van der Waals surface area contributed by atoms with Crippen molar-refractivity contribution >= 4 is 17.3 Å². The maximum absolute atomic E-state index is 8.68. The predicted octanol–water partition coefficient (Wildman–Crippen LogP) is 3.09. The molecule has 0 radical (unpaired) electrons. The first kappa shape index (κ1) is 12.7. The number of nitrogens with zero attached hydrogens (tertiary/aromatic N) is 2. The molecule has 1 atom stereocenters. The summed E-state index contributed by atoms with van der Waals surface area (Å²) in [4.78, 5) is 1.99. The Hall–Kier alpha value is -1.40. The van der Waals surface area contributed by atoms with Crippen LogP contribution in [0, 0.1) is 11.3 Å². The van der Waals surface area contributed by atoms with Crippen molar-refractivity contribution in [2.75, 3.05) is 19.1 Å². The summed E-state index contributed by atoms with van der Waals surface area (Å²) in [5.41, 5.74) is 0.901. The molecule has 0 saturated carbocycles. The van der Waals surface area contributed by atoms with E-state index in [1.54, 1.807) is 13.2 Å². The Labute approximate surface area is 101 Å². The molecule has 0 aromatic heterocycles. The predicted molar refractivity (Wildman–Crippen MR) is 66.1 cm³/mol. The van der Waals surface area contributed by atoms with E-state index in [1.807, 2.05) is 31.0 Å². The standard InChI is InChI=1S/C12H15ClN2O/c1-9(6-7-14)15(2)11-8-10(13)4-5-12(11)16-3/h4-5,8-9H,6H2,1-3H3. The van der Waals surface area contributed by atoms with E-state index >= 15 is 0 Å². The zero-order valence-corrected chi connectivity index (χ0v) is 10.5. The van der Waals surface area contributed by atoms with Gasteiger partial charge in [-0.3, -0.25) is 0 Å². The molecule has 3 nitrogen and oxygen atoms in total. The van der Waals surface area contributed by atoms with Gasteiger partial charge in [0.25, 0.3) is 0 Å². The van der Waals surface area contributed by atoms with Gasteiger partial charge in [0.05, 0.1) is 25.3 Å². The van der Waals surface area contributed by atoms with Crippen molar-refractivity contribution in [2.24, 2.45) is 0 Å². The third-order valence-corrected chi connectivity index (χ3v) is 2.80. The van der Waals surface area contributed by atoms with Crippen molar-refractivity contribution in [3.63, 3.8) is 0 Å². The van der Waals surface area contributed by atoms with Crippen molar-refractivity contribution in [1.29, 1.82) is 5.26 Å². The van der Waals surface area contributed by atoms with E-state index in [0.717, 1.165) is 11.4 Å². The fourth-order valence-electron chi connectivity index (χ4n) is 1.45. The normalized spacial score (nSPS) is 11.7. The van der Waals surface area contributed by atoms with Crippen molar-refractivity contribution in [3.05, 3.63) is 23.2 Å². The fraction of sp³-hybridized carbons (Fsp3) is 0.417. The van der Waals surface area contributed by atoms with Gasteiger partial charge in [-0.2, -0.15) is 5.26 Å². The molecule has 86 valence electrons. The van der Waals surface area contributed by atoms with E-state index in [0.29, 0.717) is 11.4 Å². The molecule has 1 unspecified atom stereocenters. The molecule has 0 bridgehead atoms. The summed E-state index contributed by atoms with van der Waals surface area (Å²) in [7, 11) is 3.55. The molecule has 4 heteroatoms. The van der Waals surface area contributed by atoms with Crippen molar-refractivity contribution in [1.82, 2.24) is 0 Å². The van der Waals surface area contributed by atoms with Gasteiger partial charge in [-0.15, -0.1) is 0 Å². The van der Waals surface area contributed by atoms with Crippen LogP contribution in [-0.2, 0) is 0 Å². The lowest BCUT2D eigenvalue weighted by Crippen LogP contribution is -2.28. The van der Waals surface area contributed by atoms with Gasteiger partial charge in [0.1, 0.15) is 5.75 Å². The Morgan fingerprint density at radius 1 is 1.56 bits per heavy atom. The zero-order chi connectivity index (χ0) is 12.1. The summed E-state index contributed by atoms with van der Waals surface area (Å²) in [6, 6.07) is 7.73. The van der Waals surface area contributed by atoms with Gasteiger partial charge >= 0.3 is 0 Å². The highest BCUT2D eigenvalue weighted by Gasteiger charge is 2.14. The highest BCUT2D eigenvalue weighted by molar-refractivity contribution is 6.30. The second-order valence-corrected chi connectivity index (χ2v) is 4.07. The number of nitriles is 1. The Morgan fingerprint density at radius 3 is 2.81 bits per heavy atom. The second kappa shape index (κ2) is 5.62. The van der Waals surface area contributed by atoms with Gasteiger partial charge in [-0.1, -0.05) is 11.6 Å². The summed E-state index contributed by atoms with van der Waals surface area (Å²) in [6.07, 6.45) is 0.464. The van der Waals surface area contributed by atoms with E-state index in [4.69, 9.17) is 21.6 Å². The third kappa shape index (κ3) is 2.80. The first-order valence-corrected chi connectivity index (χ1v) is 5.41. The van der Waals surface area contributed by atoms with Crippen LogP contribution in [0.5, 0.6) is 5.75 Å². The Morgan fingerprint density at radius 2 is 2.25 bits per heavy atom. The number of methoxy groups -OCH3 is 1. The third-order valence-electron chi connectivity index (χ3n) is 2.57. The Balaban J connectivity index is 3.01. The molecule has 16 heavy (non-hydrogen) atoms. The number of halogens is 1. The monoisotopic (exact) mass is 238 g/mol. The molecule has 0 aliphatic carbocycles. The van der Waals surface area contributed by atoms with Crippen LogP contribution < -0.4 is 9.64 Å². The fourth-order valence-corrected chi connectivity index (χ4v) is 1.61. The van der Waals surface area contributed by atoms with Crippen molar-refractivity contribution in [3.8, 4) is 11.8 Å². The van der Waals surface area contributed by atoms with Gasteiger partial charge in [0.15, 0.2) is 0 Å². The van der Waals surface area contributed by atoms with Gasteiger partial charge < -0.3 is 9.64 Å². The van der Waals surface area contributed by atoms with E-state index in [-0.39, 0.29) is 6.04 Å². The summed E-state index contributed by atoms with van der Waals surface area (Å²) >= 11 is 5.95. The molecule has 0 amide bonds. The first-order valence-electron chi connectivity index (χ1n) is 5.03. The zero-order valence-electron chi connectivity index (χ0n) is 9.70. The summed E-state index contributed by atoms with van der Waals surface area (Å²) < 4.78 is 5.27. The Bertz CT molecular complexity index is 400. The SMILES string of the molecule is COc1ccc(Cl)cc1N(C)C(C)CC#N. The average Bonchev–Trinajstić information content (AvgIpc) is 2.28. The van der Waals surface area contributed by atoms with Gasteiger partial charge in [0.2, 0.25) is 0 Å². The van der Waals surface area contributed by atoms with Gasteiger partial charge in [-0.05, 0) is 25.1 Å². The molecule has 0 heterocycles. The van der Waals surface area contributed by atoms with E-state index in [1.165, 1.54) is 0 Å². The van der Waals surface area contributed by atoms with Gasteiger partial charge in [-0.25, -0.2) is 0 Å². The molecule has 0 N–H and O–H groups in total. The molecular weight excluding hydrogens is 224 g/mol. The van der Waals surface area contributed by atoms with Crippen LogP contribution in [0.25, 0.3) is 0 Å². The van der Waals surface area contributed by atoms with Crippen LogP contribution in [0.2, 0.25) is 5.02 Å². The quantitative estimate of drug-likeness (QED) is 0.809. The number of rotatable bonds is 4. The number of hydrogen-bond donors (Lipinski definition) is 0. The van der Waals surface area contributed by atoms with Crippen LogP contribution in [0.15, 0.2) is 18.2 Å². The van der Waals surface area contributed by atoms with Crippen LogP contribution in [0.1, 0.15) is 13.3 Å².